The van der Waals surface area contributed by atoms with Gasteiger partial charge in [0.25, 0.3) is 0 Å². The van der Waals surface area contributed by atoms with Crippen molar-refractivity contribution in [2.75, 3.05) is 13.7 Å². The Bertz CT molecular complexity index is 195. The van der Waals surface area contributed by atoms with Gasteiger partial charge in [-0.05, 0) is 26.8 Å². The van der Waals surface area contributed by atoms with E-state index in [0.717, 1.165) is 12.8 Å². The van der Waals surface area contributed by atoms with Crippen LogP contribution in [-0.2, 0) is 4.79 Å². The molecule has 1 fully saturated rings. The Kier molecular flexibility index (Phi) is 3.27. The predicted octanol–water partition coefficient (Wildman–Crippen LogP) is 0.162. The highest BCUT2D eigenvalue weighted by molar-refractivity contribution is 5.72. The summed E-state index contributed by atoms with van der Waals surface area (Å²) in [5.74, 6) is -0.952. The number of aliphatic carboxylic acids is 1. The first-order valence-corrected chi connectivity index (χ1v) is 4.63. The number of carbonyl (C=O) groups is 1. The lowest BCUT2D eigenvalue weighted by Gasteiger charge is -2.42. The highest BCUT2D eigenvalue weighted by Crippen LogP contribution is 2.32. The van der Waals surface area contributed by atoms with Crippen LogP contribution in [0.2, 0.25) is 0 Å². The molecule has 3 atom stereocenters. The summed E-state index contributed by atoms with van der Waals surface area (Å²) in [5, 5.41) is 17.7. The Morgan fingerprint density at radius 3 is 2.54 bits per heavy atom. The van der Waals surface area contributed by atoms with E-state index in [1.807, 2.05) is 18.9 Å². The first-order chi connectivity index (χ1) is 6.07. The van der Waals surface area contributed by atoms with Crippen molar-refractivity contribution >= 4 is 5.97 Å². The van der Waals surface area contributed by atoms with Gasteiger partial charge in [-0.3, -0.25) is 9.69 Å². The molecule has 0 aromatic rings. The van der Waals surface area contributed by atoms with Crippen molar-refractivity contribution in [1.29, 1.82) is 0 Å². The van der Waals surface area contributed by atoms with Crippen molar-refractivity contribution in [2.24, 2.45) is 5.92 Å². The van der Waals surface area contributed by atoms with Crippen LogP contribution in [0.3, 0.4) is 0 Å². The zero-order valence-electron chi connectivity index (χ0n) is 8.10. The molecule has 0 bridgehead atoms. The van der Waals surface area contributed by atoms with E-state index < -0.39 is 5.97 Å². The number of aliphatic hydroxyl groups excluding tert-OH is 1. The van der Waals surface area contributed by atoms with E-state index in [9.17, 15) is 4.79 Å². The summed E-state index contributed by atoms with van der Waals surface area (Å²) in [6.45, 7) is 1.98. The fraction of sp³-hybridized carbons (Fsp3) is 0.889. The smallest absolute Gasteiger partial charge is 0.308 e. The fourth-order valence-electron chi connectivity index (χ4n) is 1.71. The van der Waals surface area contributed by atoms with Gasteiger partial charge in [-0.15, -0.1) is 0 Å². The first-order valence-electron chi connectivity index (χ1n) is 4.63. The summed E-state index contributed by atoms with van der Waals surface area (Å²) in [4.78, 5) is 12.7. The molecule has 3 unspecified atom stereocenters. The summed E-state index contributed by atoms with van der Waals surface area (Å²) in [7, 11) is 1.88. The van der Waals surface area contributed by atoms with Gasteiger partial charge >= 0.3 is 5.97 Å². The number of hydrogen-bond acceptors (Lipinski definition) is 3. The van der Waals surface area contributed by atoms with Crippen molar-refractivity contribution in [3.63, 3.8) is 0 Å². The van der Waals surface area contributed by atoms with E-state index in [0.29, 0.717) is 0 Å². The molecule has 1 aliphatic rings. The molecule has 0 spiro atoms. The Balaban J connectivity index is 2.48. The molecule has 4 heteroatoms. The van der Waals surface area contributed by atoms with Crippen LogP contribution in [0.25, 0.3) is 0 Å². The number of carboxylic acid groups (broad SMARTS) is 1. The molecule has 76 valence electrons. The van der Waals surface area contributed by atoms with E-state index >= 15 is 0 Å². The summed E-state index contributed by atoms with van der Waals surface area (Å²) >= 11 is 0. The van der Waals surface area contributed by atoms with Crippen LogP contribution in [0.5, 0.6) is 0 Å². The minimum Gasteiger partial charge on any atom is -0.481 e. The lowest BCUT2D eigenvalue weighted by atomic mass is 9.78. The molecule has 0 aromatic heterocycles. The largest absolute Gasteiger partial charge is 0.481 e. The van der Waals surface area contributed by atoms with Crippen LogP contribution in [-0.4, -0.2) is 46.8 Å². The molecule has 1 saturated carbocycles. The highest BCUT2D eigenvalue weighted by atomic mass is 16.4. The molecule has 0 aliphatic heterocycles. The van der Waals surface area contributed by atoms with Crippen molar-refractivity contribution in [1.82, 2.24) is 4.90 Å². The molecule has 2 N–H and O–H groups in total. The fourth-order valence-corrected chi connectivity index (χ4v) is 1.71. The highest BCUT2D eigenvalue weighted by Gasteiger charge is 2.40. The molecule has 1 rings (SSSR count). The lowest BCUT2D eigenvalue weighted by Crippen LogP contribution is -2.52. The minimum atomic E-state index is -0.715. The molecule has 1 aliphatic carbocycles. The second-order valence-corrected chi connectivity index (χ2v) is 3.79. The van der Waals surface area contributed by atoms with E-state index in [1.54, 1.807) is 0 Å². The van der Waals surface area contributed by atoms with E-state index in [-0.39, 0.29) is 24.6 Å². The minimum absolute atomic E-state index is 0.0483. The Labute approximate surface area is 78.2 Å². The maximum atomic E-state index is 10.7. The Morgan fingerprint density at radius 1 is 1.62 bits per heavy atom. The van der Waals surface area contributed by atoms with Gasteiger partial charge in [0.1, 0.15) is 0 Å². The first kappa shape index (κ1) is 10.5. The SMILES string of the molecule is CC(CO)N(C)C1CCC1C(=O)O. The molecule has 13 heavy (non-hydrogen) atoms. The van der Waals surface area contributed by atoms with E-state index in [2.05, 4.69) is 0 Å². The van der Waals surface area contributed by atoms with Crippen LogP contribution >= 0.6 is 0 Å². The topological polar surface area (TPSA) is 60.8 Å². The summed E-state index contributed by atoms with van der Waals surface area (Å²) in [5.41, 5.74) is 0. The quantitative estimate of drug-likeness (QED) is 0.658. The van der Waals surface area contributed by atoms with Crippen LogP contribution < -0.4 is 0 Å². The molecule has 0 saturated heterocycles. The van der Waals surface area contributed by atoms with Crippen LogP contribution in [0.15, 0.2) is 0 Å². The van der Waals surface area contributed by atoms with Gasteiger partial charge in [-0.1, -0.05) is 0 Å². The average Bonchev–Trinajstić information content (AvgIpc) is 1.99. The van der Waals surface area contributed by atoms with Gasteiger partial charge in [0.15, 0.2) is 0 Å². The second-order valence-electron chi connectivity index (χ2n) is 3.79. The van der Waals surface area contributed by atoms with Gasteiger partial charge < -0.3 is 10.2 Å². The third-order valence-electron chi connectivity index (χ3n) is 3.04. The second kappa shape index (κ2) is 4.07. The lowest BCUT2D eigenvalue weighted by molar-refractivity contribution is -0.149. The number of likely N-dealkylation sites (N-methyl/N-ethyl adjacent to an activating group) is 1. The molecule has 0 aromatic carbocycles. The maximum absolute atomic E-state index is 10.7. The van der Waals surface area contributed by atoms with E-state index in [1.165, 1.54) is 0 Å². The van der Waals surface area contributed by atoms with Crippen LogP contribution in [0.1, 0.15) is 19.8 Å². The van der Waals surface area contributed by atoms with Gasteiger partial charge in [-0.25, -0.2) is 0 Å². The third kappa shape index (κ3) is 2.00. The standard InChI is InChI=1S/C9H17NO3/c1-6(5-11)10(2)8-4-3-7(8)9(12)13/h6-8,11H,3-5H2,1-2H3,(H,12,13). The van der Waals surface area contributed by atoms with Gasteiger partial charge in [-0.2, -0.15) is 0 Å². The average molecular weight is 187 g/mol. The third-order valence-corrected chi connectivity index (χ3v) is 3.04. The summed E-state index contributed by atoms with van der Waals surface area (Å²) < 4.78 is 0. The molecule has 0 heterocycles. The van der Waals surface area contributed by atoms with Crippen LogP contribution in [0, 0.1) is 5.92 Å². The number of aliphatic hydroxyl groups is 1. The van der Waals surface area contributed by atoms with Crippen LogP contribution in [0.4, 0.5) is 0 Å². The number of carboxylic acids is 1. The molecule has 4 nitrogen and oxygen atoms in total. The zero-order valence-corrected chi connectivity index (χ0v) is 8.10. The van der Waals surface area contributed by atoms with Gasteiger partial charge in [0.2, 0.25) is 0 Å². The van der Waals surface area contributed by atoms with Crippen molar-refractivity contribution in [2.45, 2.75) is 31.8 Å². The number of hydrogen-bond donors (Lipinski definition) is 2. The van der Waals surface area contributed by atoms with Gasteiger partial charge in [0, 0.05) is 12.1 Å². The summed E-state index contributed by atoms with van der Waals surface area (Å²) in [6.07, 6.45) is 1.69. The van der Waals surface area contributed by atoms with Crippen molar-refractivity contribution in [3.8, 4) is 0 Å². The molecule has 0 amide bonds. The molecular formula is C9H17NO3. The zero-order chi connectivity index (χ0) is 10.0. The predicted molar refractivity (Wildman–Crippen MR) is 48.5 cm³/mol. The van der Waals surface area contributed by atoms with Gasteiger partial charge in [0.05, 0.1) is 12.5 Å². The molecular weight excluding hydrogens is 170 g/mol. The monoisotopic (exact) mass is 187 g/mol. The molecule has 0 radical (unpaired) electrons. The summed E-state index contributed by atoms with van der Waals surface area (Å²) in [6, 6.07) is 0.159. The van der Waals surface area contributed by atoms with E-state index in [4.69, 9.17) is 10.2 Å². The van der Waals surface area contributed by atoms with Crippen molar-refractivity contribution in [3.05, 3.63) is 0 Å². The Morgan fingerprint density at radius 2 is 2.23 bits per heavy atom. The normalized spacial score (nSPS) is 29.8. The number of nitrogens with zero attached hydrogens (tertiary/aromatic N) is 1. The number of rotatable bonds is 4. The van der Waals surface area contributed by atoms with Crippen molar-refractivity contribution < 1.29 is 15.0 Å². The Hall–Kier alpha value is -0.610. The maximum Gasteiger partial charge on any atom is 0.308 e.